The fourth-order valence-corrected chi connectivity index (χ4v) is 1.98. The molecule has 0 fully saturated rings. The van der Waals surface area contributed by atoms with E-state index in [1.54, 1.807) is 6.07 Å². The second kappa shape index (κ2) is 5.61. The minimum Gasteiger partial charge on any atom is -0.319 e. The number of nitrogens with zero attached hydrogens (tertiary/aromatic N) is 2. The maximum atomic E-state index is 11.2. The van der Waals surface area contributed by atoms with Crippen LogP contribution in [0.15, 0.2) is 16.6 Å². The molecule has 0 saturated carbocycles. The average Bonchev–Trinajstić information content (AvgIpc) is 2.21. The van der Waals surface area contributed by atoms with Crippen molar-refractivity contribution < 1.29 is 9.72 Å². The van der Waals surface area contributed by atoms with E-state index in [1.165, 1.54) is 6.07 Å². The van der Waals surface area contributed by atoms with Crippen LogP contribution in [0.25, 0.3) is 0 Å². The molecule has 1 amide bonds. The Bertz CT molecular complexity index is 527. The van der Waals surface area contributed by atoms with Crippen molar-refractivity contribution in [2.24, 2.45) is 0 Å². The van der Waals surface area contributed by atoms with Gasteiger partial charge in [-0.3, -0.25) is 14.9 Å². The van der Waals surface area contributed by atoms with Crippen LogP contribution in [-0.4, -0.2) is 10.8 Å². The Labute approximate surface area is 109 Å². The van der Waals surface area contributed by atoms with Crippen molar-refractivity contribution in [2.75, 3.05) is 5.32 Å². The maximum Gasteiger partial charge on any atom is 0.295 e. The van der Waals surface area contributed by atoms with Gasteiger partial charge in [-0.2, -0.15) is 5.26 Å². The zero-order valence-electron chi connectivity index (χ0n) is 8.24. The monoisotopic (exact) mass is 317 g/mol. The number of hydrogen-bond acceptors (Lipinski definition) is 4. The van der Waals surface area contributed by atoms with Crippen molar-refractivity contribution in [3.63, 3.8) is 0 Å². The molecule has 0 radical (unpaired) electrons. The molecule has 0 unspecified atom stereocenters. The van der Waals surface area contributed by atoms with Crippen molar-refractivity contribution in [1.29, 1.82) is 5.26 Å². The predicted octanol–water partition coefficient (Wildman–Crippen LogP) is 2.86. The van der Waals surface area contributed by atoms with E-state index in [-0.39, 0.29) is 27.3 Å². The molecule has 1 aromatic carbocycles. The Kier molecular flexibility index (Phi) is 4.43. The first kappa shape index (κ1) is 13.4. The van der Waals surface area contributed by atoms with Gasteiger partial charge in [0.2, 0.25) is 5.91 Å². The van der Waals surface area contributed by atoms with E-state index in [9.17, 15) is 14.9 Å². The molecule has 1 aromatic rings. The number of rotatable bonds is 3. The third kappa shape index (κ3) is 3.41. The van der Waals surface area contributed by atoms with Gasteiger partial charge < -0.3 is 5.32 Å². The molecule has 0 aliphatic carbocycles. The van der Waals surface area contributed by atoms with Crippen molar-refractivity contribution >= 4 is 44.8 Å². The average molecular weight is 319 g/mol. The summed E-state index contributed by atoms with van der Waals surface area (Å²) in [6.07, 6.45) is -0.383. The lowest BCUT2D eigenvalue weighted by atomic mass is 10.2. The first-order chi connectivity index (χ1) is 7.95. The number of amides is 1. The van der Waals surface area contributed by atoms with Crippen molar-refractivity contribution in [2.45, 2.75) is 6.42 Å². The first-order valence-electron chi connectivity index (χ1n) is 4.26. The largest absolute Gasteiger partial charge is 0.319 e. The van der Waals surface area contributed by atoms with E-state index in [4.69, 9.17) is 16.9 Å². The number of benzene rings is 1. The number of halogens is 2. The van der Waals surface area contributed by atoms with Gasteiger partial charge in [-0.05, 0) is 22.0 Å². The third-order valence-corrected chi connectivity index (χ3v) is 2.58. The van der Waals surface area contributed by atoms with E-state index < -0.39 is 10.8 Å². The van der Waals surface area contributed by atoms with Crippen LogP contribution in [0.5, 0.6) is 0 Å². The lowest BCUT2D eigenvalue weighted by Gasteiger charge is -2.07. The SMILES string of the molecule is N#CCC(=O)Nc1c(Br)cc(Cl)cc1[N+](=O)[O-]. The van der Waals surface area contributed by atoms with Crippen molar-refractivity contribution in [3.05, 3.63) is 31.7 Å². The molecule has 0 spiro atoms. The summed E-state index contributed by atoms with van der Waals surface area (Å²) >= 11 is 8.72. The molecule has 6 nitrogen and oxygen atoms in total. The highest BCUT2D eigenvalue weighted by atomic mass is 79.9. The van der Waals surface area contributed by atoms with Crippen LogP contribution in [0.2, 0.25) is 5.02 Å². The van der Waals surface area contributed by atoms with E-state index in [0.717, 1.165) is 6.07 Å². The van der Waals surface area contributed by atoms with Gasteiger partial charge in [0.25, 0.3) is 5.69 Å². The van der Waals surface area contributed by atoms with Gasteiger partial charge in [0.1, 0.15) is 12.1 Å². The Morgan fingerprint density at radius 3 is 2.82 bits per heavy atom. The van der Waals surface area contributed by atoms with E-state index >= 15 is 0 Å². The maximum absolute atomic E-state index is 11.2. The summed E-state index contributed by atoms with van der Waals surface area (Å²) in [5, 5.41) is 21.6. The number of nitro benzene ring substituents is 1. The number of nitriles is 1. The molecule has 1 rings (SSSR count). The molecule has 0 aliphatic rings. The predicted molar refractivity (Wildman–Crippen MR) is 64.7 cm³/mol. The summed E-state index contributed by atoms with van der Waals surface area (Å²) in [6.45, 7) is 0. The number of carbonyl (C=O) groups is 1. The van der Waals surface area contributed by atoms with E-state index in [1.807, 2.05) is 0 Å². The molecule has 8 heteroatoms. The normalized spacial score (nSPS) is 9.47. The van der Waals surface area contributed by atoms with Gasteiger partial charge in [0, 0.05) is 15.6 Å². The minimum absolute atomic E-state index is 0.0142. The number of nitro groups is 1. The molecule has 0 atom stereocenters. The Morgan fingerprint density at radius 1 is 1.65 bits per heavy atom. The smallest absolute Gasteiger partial charge is 0.295 e. The number of nitrogens with one attached hydrogen (secondary N) is 1. The molecule has 0 aliphatic heterocycles. The van der Waals surface area contributed by atoms with Crippen LogP contribution < -0.4 is 5.32 Å². The summed E-state index contributed by atoms with van der Waals surface area (Å²) in [4.78, 5) is 21.3. The molecule has 0 bridgehead atoms. The number of anilines is 1. The van der Waals surface area contributed by atoms with Gasteiger partial charge in [-0.1, -0.05) is 11.6 Å². The number of carbonyl (C=O) groups excluding carboxylic acids is 1. The molecule has 88 valence electrons. The molecular weight excluding hydrogens is 313 g/mol. The Morgan fingerprint density at radius 2 is 2.29 bits per heavy atom. The molecule has 0 heterocycles. The topological polar surface area (TPSA) is 96.0 Å². The lowest BCUT2D eigenvalue weighted by Crippen LogP contribution is -2.12. The molecule has 1 N–H and O–H groups in total. The molecule has 0 saturated heterocycles. The fourth-order valence-electron chi connectivity index (χ4n) is 1.08. The van der Waals surface area contributed by atoms with Crippen LogP contribution in [0, 0.1) is 21.4 Å². The van der Waals surface area contributed by atoms with Gasteiger partial charge in [-0.25, -0.2) is 0 Å². The van der Waals surface area contributed by atoms with Crippen LogP contribution in [0.4, 0.5) is 11.4 Å². The summed E-state index contributed by atoms with van der Waals surface area (Å²) in [7, 11) is 0. The van der Waals surface area contributed by atoms with Gasteiger partial charge in [0.05, 0.1) is 11.0 Å². The molecular formula is C9H5BrClN3O3. The zero-order valence-corrected chi connectivity index (χ0v) is 10.6. The Balaban J connectivity index is 3.18. The summed E-state index contributed by atoms with van der Waals surface area (Å²) in [6, 6.07) is 4.18. The Hall–Kier alpha value is -1.65. The van der Waals surface area contributed by atoms with Gasteiger partial charge >= 0.3 is 0 Å². The van der Waals surface area contributed by atoms with Crippen molar-refractivity contribution in [3.8, 4) is 6.07 Å². The van der Waals surface area contributed by atoms with Crippen LogP contribution in [-0.2, 0) is 4.79 Å². The van der Waals surface area contributed by atoms with Gasteiger partial charge in [-0.15, -0.1) is 0 Å². The highest BCUT2D eigenvalue weighted by molar-refractivity contribution is 9.10. The van der Waals surface area contributed by atoms with Crippen LogP contribution >= 0.6 is 27.5 Å². The zero-order chi connectivity index (χ0) is 13.0. The highest BCUT2D eigenvalue weighted by Gasteiger charge is 2.20. The molecule has 0 aromatic heterocycles. The minimum atomic E-state index is -0.668. The van der Waals surface area contributed by atoms with Crippen LogP contribution in [0.1, 0.15) is 6.42 Å². The fraction of sp³-hybridized carbons (Fsp3) is 0.111. The second-order valence-electron chi connectivity index (χ2n) is 2.92. The van der Waals surface area contributed by atoms with Gasteiger partial charge in [0.15, 0.2) is 0 Å². The summed E-state index contributed by atoms with van der Waals surface area (Å²) in [5.74, 6) is -0.626. The standard InChI is InChI=1S/C9H5BrClN3O3/c10-6-3-5(11)4-7(14(16)17)9(6)13-8(15)1-2-12/h3-4H,1H2,(H,13,15). The summed E-state index contributed by atoms with van der Waals surface area (Å²) in [5.41, 5.74) is -0.352. The quantitative estimate of drug-likeness (QED) is 0.684. The van der Waals surface area contributed by atoms with E-state index in [2.05, 4.69) is 21.2 Å². The van der Waals surface area contributed by atoms with E-state index in [0.29, 0.717) is 0 Å². The lowest BCUT2D eigenvalue weighted by molar-refractivity contribution is -0.384. The third-order valence-electron chi connectivity index (χ3n) is 1.73. The first-order valence-corrected chi connectivity index (χ1v) is 5.43. The van der Waals surface area contributed by atoms with Crippen LogP contribution in [0.3, 0.4) is 0 Å². The molecule has 17 heavy (non-hydrogen) atoms. The highest BCUT2D eigenvalue weighted by Crippen LogP contribution is 2.35. The summed E-state index contributed by atoms with van der Waals surface area (Å²) < 4.78 is 0.281. The second-order valence-corrected chi connectivity index (χ2v) is 4.21. The van der Waals surface area contributed by atoms with Crippen molar-refractivity contribution in [1.82, 2.24) is 0 Å². The number of hydrogen-bond donors (Lipinski definition) is 1.